The first-order valence-corrected chi connectivity index (χ1v) is 10.4. The summed E-state index contributed by atoms with van der Waals surface area (Å²) in [7, 11) is -0.418. The van der Waals surface area contributed by atoms with E-state index < -0.39 is 10.2 Å². The molecule has 1 aromatic rings. The minimum absolute atomic E-state index is 0.0534. The Labute approximate surface area is 148 Å². The van der Waals surface area contributed by atoms with Crippen LogP contribution in [0.1, 0.15) is 12.8 Å². The van der Waals surface area contributed by atoms with Gasteiger partial charge in [0.1, 0.15) is 0 Å². The van der Waals surface area contributed by atoms with E-state index in [1.165, 1.54) is 27.6 Å². The molecular weight excluding hydrogens is 346 g/mol. The summed E-state index contributed by atoms with van der Waals surface area (Å²) in [6.07, 6.45) is 1.45. The van der Waals surface area contributed by atoms with Crippen molar-refractivity contribution < 1.29 is 13.2 Å². The van der Waals surface area contributed by atoms with Gasteiger partial charge in [-0.1, -0.05) is 18.2 Å². The number of nitrogens with one attached hydrogen (secondary N) is 1. The van der Waals surface area contributed by atoms with Crippen molar-refractivity contribution in [3.05, 3.63) is 30.3 Å². The number of amides is 1. The molecule has 0 unspecified atom stereocenters. The van der Waals surface area contributed by atoms with Gasteiger partial charge in [0.25, 0.3) is 10.2 Å². The summed E-state index contributed by atoms with van der Waals surface area (Å²) >= 11 is 1.69. The van der Waals surface area contributed by atoms with Gasteiger partial charge in [0.05, 0.1) is 5.92 Å². The van der Waals surface area contributed by atoms with Gasteiger partial charge < -0.3 is 5.32 Å². The van der Waals surface area contributed by atoms with Crippen molar-refractivity contribution in [3.63, 3.8) is 0 Å². The van der Waals surface area contributed by atoms with Gasteiger partial charge in [-0.3, -0.25) is 4.79 Å². The lowest BCUT2D eigenvalue weighted by molar-refractivity contribution is -0.125. The monoisotopic (exact) mass is 371 g/mol. The molecule has 1 fully saturated rings. The van der Waals surface area contributed by atoms with E-state index in [1.807, 2.05) is 30.3 Å². The van der Waals surface area contributed by atoms with Crippen molar-refractivity contribution in [2.75, 3.05) is 39.5 Å². The van der Waals surface area contributed by atoms with Crippen LogP contribution in [0.3, 0.4) is 0 Å². The first-order valence-electron chi connectivity index (χ1n) is 8.04. The topological polar surface area (TPSA) is 69.7 Å². The molecule has 24 heavy (non-hydrogen) atoms. The highest BCUT2D eigenvalue weighted by atomic mass is 32.2. The van der Waals surface area contributed by atoms with E-state index >= 15 is 0 Å². The van der Waals surface area contributed by atoms with E-state index in [2.05, 4.69) is 5.32 Å². The zero-order valence-electron chi connectivity index (χ0n) is 14.1. The molecule has 6 nitrogen and oxygen atoms in total. The Balaban J connectivity index is 1.78. The standard InChI is InChI=1S/C16H25N3O3S2/c1-18(2)24(21,22)19-11-6-7-14(13-19)16(20)17-10-12-23-15-8-4-3-5-9-15/h3-5,8-9,14H,6-7,10-13H2,1-2H3,(H,17,20)/t14-/m0/s1. The maximum atomic E-state index is 12.3. The molecule has 8 heteroatoms. The van der Waals surface area contributed by atoms with Crippen molar-refractivity contribution in [1.82, 2.24) is 13.9 Å². The van der Waals surface area contributed by atoms with Crippen LogP contribution in [0.25, 0.3) is 0 Å². The maximum Gasteiger partial charge on any atom is 0.281 e. The number of rotatable bonds is 7. The number of benzene rings is 1. The lowest BCUT2D eigenvalue weighted by atomic mass is 9.99. The number of carbonyl (C=O) groups excluding carboxylic acids is 1. The van der Waals surface area contributed by atoms with Crippen LogP contribution in [0.4, 0.5) is 0 Å². The van der Waals surface area contributed by atoms with Gasteiger partial charge in [0, 0.05) is 44.4 Å². The molecule has 0 aliphatic carbocycles. The number of nitrogens with zero attached hydrogens (tertiary/aromatic N) is 2. The molecule has 1 aliphatic heterocycles. The van der Waals surface area contributed by atoms with E-state index in [0.717, 1.165) is 12.2 Å². The maximum absolute atomic E-state index is 12.3. The fraction of sp³-hybridized carbons (Fsp3) is 0.562. The van der Waals surface area contributed by atoms with E-state index in [0.29, 0.717) is 19.5 Å². The van der Waals surface area contributed by atoms with E-state index in [-0.39, 0.29) is 18.4 Å². The molecule has 0 aromatic heterocycles. The largest absolute Gasteiger partial charge is 0.355 e. The highest BCUT2D eigenvalue weighted by molar-refractivity contribution is 7.99. The van der Waals surface area contributed by atoms with E-state index in [9.17, 15) is 13.2 Å². The van der Waals surface area contributed by atoms with Crippen LogP contribution < -0.4 is 5.32 Å². The van der Waals surface area contributed by atoms with E-state index in [4.69, 9.17) is 0 Å². The fourth-order valence-electron chi connectivity index (χ4n) is 2.60. The predicted octanol–water partition coefficient (Wildman–Crippen LogP) is 1.41. The Kier molecular flexibility index (Phi) is 7.09. The first-order chi connectivity index (χ1) is 11.4. The Bertz CT molecular complexity index is 635. The molecule has 1 N–H and O–H groups in total. The van der Waals surface area contributed by atoms with Crippen LogP contribution in [0.5, 0.6) is 0 Å². The lowest BCUT2D eigenvalue weighted by Gasteiger charge is -2.32. The smallest absolute Gasteiger partial charge is 0.281 e. The van der Waals surface area contributed by atoms with Crippen LogP contribution in [-0.2, 0) is 15.0 Å². The second-order valence-electron chi connectivity index (χ2n) is 5.94. The lowest BCUT2D eigenvalue weighted by Crippen LogP contribution is -2.49. The Morgan fingerprint density at radius 1 is 1.33 bits per heavy atom. The predicted molar refractivity (Wildman–Crippen MR) is 97.1 cm³/mol. The molecule has 1 aliphatic rings. The molecule has 1 amide bonds. The van der Waals surface area contributed by atoms with Crippen molar-refractivity contribution >= 4 is 27.9 Å². The number of hydrogen-bond acceptors (Lipinski definition) is 4. The summed E-state index contributed by atoms with van der Waals surface area (Å²) in [5.74, 6) is 0.472. The summed E-state index contributed by atoms with van der Waals surface area (Å²) in [6.45, 7) is 1.32. The number of carbonyl (C=O) groups is 1. The van der Waals surface area contributed by atoms with Crippen LogP contribution in [0.15, 0.2) is 35.2 Å². The molecule has 0 saturated carbocycles. The third kappa shape index (κ3) is 5.20. The van der Waals surface area contributed by atoms with Crippen LogP contribution in [-0.4, -0.2) is 62.4 Å². The molecule has 1 atom stereocenters. The minimum atomic E-state index is -3.45. The molecule has 1 heterocycles. The molecule has 0 spiro atoms. The summed E-state index contributed by atoms with van der Waals surface area (Å²) in [4.78, 5) is 13.5. The van der Waals surface area contributed by atoms with E-state index in [1.54, 1.807) is 11.8 Å². The second-order valence-corrected chi connectivity index (χ2v) is 9.25. The highest BCUT2D eigenvalue weighted by Gasteiger charge is 2.33. The van der Waals surface area contributed by atoms with Crippen molar-refractivity contribution in [1.29, 1.82) is 0 Å². The third-order valence-corrected chi connectivity index (χ3v) is 6.88. The van der Waals surface area contributed by atoms with Crippen LogP contribution in [0, 0.1) is 5.92 Å². The van der Waals surface area contributed by atoms with Crippen LogP contribution >= 0.6 is 11.8 Å². The number of hydrogen-bond donors (Lipinski definition) is 1. The second kappa shape index (κ2) is 8.84. The molecule has 134 valence electrons. The molecule has 2 rings (SSSR count). The van der Waals surface area contributed by atoms with Gasteiger partial charge >= 0.3 is 0 Å². The molecule has 1 saturated heterocycles. The third-order valence-electron chi connectivity index (χ3n) is 3.96. The Morgan fingerprint density at radius 2 is 2.04 bits per heavy atom. The SMILES string of the molecule is CN(C)S(=O)(=O)N1CCC[C@H](C(=O)NCCSc2ccccc2)C1. The Hall–Kier alpha value is -1.09. The van der Waals surface area contributed by atoms with Gasteiger partial charge in [-0.25, -0.2) is 0 Å². The molecular formula is C16H25N3O3S2. The van der Waals surface area contributed by atoms with Crippen molar-refractivity contribution in [2.45, 2.75) is 17.7 Å². The van der Waals surface area contributed by atoms with Gasteiger partial charge in [-0.15, -0.1) is 11.8 Å². The van der Waals surface area contributed by atoms with Gasteiger partial charge in [-0.2, -0.15) is 17.0 Å². The molecule has 0 radical (unpaired) electrons. The average Bonchev–Trinajstić information content (AvgIpc) is 2.59. The van der Waals surface area contributed by atoms with Gasteiger partial charge in [-0.05, 0) is 25.0 Å². The number of thioether (sulfide) groups is 1. The van der Waals surface area contributed by atoms with Crippen LogP contribution in [0.2, 0.25) is 0 Å². The number of piperidine rings is 1. The summed E-state index contributed by atoms with van der Waals surface area (Å²) in [6, 6.07) is 10.0. The zero-order valence-corrected chi connectivity index (χ0v) is 15.8. The molecule has 1 aromatic carbocycles. The summed E-state index contributed by atoms with van der Waals surface area (Å²) in [5, 5.41) is 2.93. The van der Waals surface area contributed by atoms with Crippen molar-refractivity contribution in [3.8, 4) is 0 Å². The average molecular weight is 372 g/mol. The minimum Gasteiger partial charge on any atom is -0.355 e. The fourth-order valence-corrected chi connectivity index (χ4v) is 4.58. The van der Waals surface area contributed by atoms with Gasteiger partial charge in [0.15, 0.2) is 0 Å². The highest BCUT2D eigenvalue weighted by Crippen LogP contribution is 2.20. The summed E-state index contributed by atoms with van der Waals surface area (Å²) in [5.41, 5.74) is 0. The quantitative estimate of drug-likeness (QED) is 0.581. The summed E-state index contributed by atoms with van der Waals surface area (Å²) < 4.78 is 27.0. The zero-order chi connectivity index (χ0) is 17.6. The normalized spacial score (nSPS) is 19.4. The van der Waals surface area contributed by atoms with Gasteiger partial charge in [0.2, 0.25) is 5.91 Å². The molecule has 0 bridgehead atoms. The Morgan fingerprint density at radius 3 is 2.71 bits per heavy atom. The first kappa shape index (κ1) is 19.2. The van der Waals surface area contributed by atoms with Crippen molar-refractivity contribution in [2.24, 2.45) is 5.92 Å².